The summed E-state index contributed by atoms with van der Waals surface area (Å²) in [5.74, 6) is 0.199. The Labute approximate surface area is 102 Å². The molecule has 0 aliphatic heterocycles. The third-order valence-electron chi connectivity index (χ3n) is 2.63. The van der Waals surface area contributed by atoms with Crippen LogP contribution in [0.25, 0.3) is 0 Å². The minimum Gasteiger partial charge on any atom is -0.360 e. The van der Waals surface area contributed by atoms with Crippen molar-refractivity contribution in [2.45, 2.75) is 26.8 Å². The molecule has 1 unspecified atom stereocenters. The number of benzene rings is 1. The Bertz CT molecular complexity index is 337. The quantitative estimate of drug-likeness (QED) is 0.735. The van der Waals surface area contributed by atoms with Gasteiger partial charge in [-0.3, -0.25) is 4.79 Å². The number of carbonyl (C=O) groups excluding carboxylic acids is 1. The minimum atomic E-state index is -0.291. The van der Waals surface area contributed by atoms with Gasteiger partial charge in [0.15, 0.2) is 0 Å². The van der Waals surface area contributed by atoms with E-state index < -0.39 is 0 Å². The lowest BCUT2D eigenvalue weighted by molar-refractivity contribution is -0.113. The van der Waals surface area contributed by atoms with E-state index in [9.17, 15) is 4.79 Å². The van der Waals surface area contributed by atoms with Gasteiger partial charge >= 0.3 is 0 Å². The molecular formula is C13H18ClNO. The van der Waals surface area contributed by atoms with Crippen LogP contribution >= 0.6 is 11.6 Å². The lowest BCUT2D eigenvalue weighted by atomic mass is 10.0. The zero-order valence-corrected chi connectivity index (χ0v) is 10.7. The fourth-order valence-electron chi connectivity index (χ4n) is 1.90. The summed E-state index contributed by atoms with van der Waals surface area (Å²) in [4.78, 5) is 13.5. The van der Waals surface area contributed by atoms with Crippen LogP contribution in [-0.2, 0) is 4.79 Å². The van der Waals surface area contributed by atoms with E-state index >= 15 is 0 Å². The Hall–Kier alpha value is -1.02. The predicted octanol–water partition coefficient (Wildman–Crippen LogP) is 3.30. The van der Waals surface area contributed by atoms with Crippen LogP contribution in [0.2, 0.25) is 0 Å². The van der Waals surface area contributed by atoms with Gasteiger partial charge in [-0.15, -0.1) is 0 Å². The SMILES string of the molecule is CCN(c1ccccc1)C(C(=O)Cl)C(C)C. The monoisotopic (exact) mass is 239 g/mol. The molecule has 1 rings (SSSR count). The van der Waals surface area contributed by atoms with Crippen molar-refractivity contribution in [2.24, 2.45) is 5.92 Å². The van der Waals surface area contributed by atoms with Gasteiger partial charge in [-0.25, -0.2) is 0 Å². The summed E-state index contributed by atoms with van der Waals surface area (Å²) in [5, 5.41) is -0.291. The van der Waals surface area contributed by atoms with E-state index in [0.717, 1.165) is 12.2 Å². The predicted molar refractivity (Wildman–Crippen MR) is 68.9 cm³/mol. The molecule has 3 heteroatoms. The van der Waals surface area contributed by atoms with Crippen LogP contribution < -0.4 is 4.90 Å². The molecule has 0 amide bonds. The Balaban J connectivity index is 3.00. The minimum absolute atomic E-state index is 0.199. The summed E-state index contributed by atoms with van der Waals surface area (Å²) in [6, 6.07) is 9.64. The number of carbonyl (C=O) groups is 1. The van der Waals surface area contributed by atoms with Gasteiger partial charge < -0.3 is 4.90 Å². The van der Waals surface area contributed by atoms with Crippen LogP contribution in [0, 0.1) is 5.92 Å². The molecule has 1 aromatic carbocycles. The molecule has 0 saturated heterocycles. The topological polar surface area (TPSA) is 20.3 Å². The molecule has 1 atom stereocenters. The Morgan fingerprint density at radius 3 is 2.25 bits per heavy atom. The van der Waals surface area contributed by atoms with Crippen LogP contribution in [-0.4, -0.2) is 17.8 Å². The van der Waals surface area contributed by atoms with Gasteiger partial charge in [0, 0.05) is 12.2 Å². The van der Waals surface area contributed by atoms with E-state index in [1.54, 1.807) is 0 Å². The first-order valence-corrected chi connectivity index (χ1v) is 5.96. The summed E-state index contributed by atoms with van der Waals surface area (Å²) in [5.41, 5.74) is 1.04. The first-order chi connectivity index (χ1) is 7.57. The maximum Gasteiger partial charge on any atom is 0.244 e. The zero-order chi connectivity index (χ0) is 12.1. The highest BCUT2D eigenvalue weighted by molar-refractivity contribution is 6.65. The van der Waals surface area contributed by atoms with Gasteiger partial charge in [-0.2, -0.15) is 0 Å². The van der Waals surface area contributed by atoms with Crippen LogP contribution in [0.1, 0.15) is 20.8 Å². The fourth-order valence-corrected chi connectivity index (χ4v) is 2.27. The zero-order valence-electron chi connectivity index (χ0n) is 9.98. The average Bonchev–Trinajstić information content (AvgIpc) is 2.25. The van der Waals surface area contributed by atoms with E-state index in [0.29, 0.717) is 0 Å². The van der Waals surface area contributed by atoms with Crippen molar-refractivity contribution in [3.63, 3.8) is 0 Å². The van der Waals surface area contributed by atoms with Crippen molar-refractivity contribution in [3.8, 4) is 0 Å². The maximum atomic E-state index is 11.5. The summed E-state index contributed by atoms with van der Waals surface area (Å²) in [6.45, 7) is 6.82. The molecule has 2 nitrogen and oxygen atoms in total. The van der Waals surface area contributed by atoms with E-state index in [-0.39, 0.29) is 17.2 Å². The summed E-state index contributed by atoms with van der Waals surface area (Å²) < 4.78 is 0. The summed E-state index contributed by atoms with van der Waals surface area (Å²) in [6.07, 6.45) is 0. The third kappa shape index (κ3) is 2.99. The lowest BCUT2D eigenvalue weighted by Crippen LogP contribution is -2.43. The number of hydrogen-bond donors (Lipinski definition) is 0. The fraction of sp³-hybridized carbons (Fsp3) is 0.462. The molecule has 0 fully saturated rings. The molecule has 0 heterocycles. The summed E-state index contributed by atoms with van der Waals surface area (Å²) >= 11 is 5.68. The van der Waals surface area contributed by atoms with Gasteiger partial charge in [0.05, 0.1) is 0 Å². The van der Waals surface area contributed by atoms with Crippen molar-refractivity contribution >= 4 is 22.5 Å². The van der Waals surface area contributed by atoms with Gasteiger partial charge in [0.1, 0.15) is 6.04 Å². The van der Waals surface area contributed by atoms with E-state index in [2.05, 4.69) is 0 Å². The average molecular weight is 240 g/mol. The van der Waals surface area contributed by atoms with Crippen molar-refractivity contribution < 1.29 is 4.79 Å². The second-order valence-corrected chi connectivity index (χ2v) is 4.49. The lowest BCUT2D eigenvalue weighted by Gasteiger charge is -2.32. The normalized spacial score (nSPS) is 12.6. The standard InChI is InChI=1S/C13H18ClNO/c1-4-15(11-8-6-5-7-9-11)12(10(2)3)13(14)16/h5-10,12H,4H2,1-3H3. The van der Waals surface area contributed by atoms with Crippen LogP contribution in [0.15, 0.2) is 30.3 Å². The second-order valence-electron chi connectivity index (χ2n) is 4.11. The van der Waals surface area contributed by atoms with Crippen LogP contribution in [0.5, 0.6) is 0 Å². The molecule has 0 radical (unpaired) electrons. The molecule has 88 valence electrons. The molecule has 0 bridgehead atoms. The second kappa shape index (κ2) is 5.90. The first kappa shape index (κ1) is 13.0. The number of anilines is 1. The molecule has 1 aromatic rings. The highest BCUT2D eigenvalue weighted by Crippen LogP contribution is 2.22. The maximum absolute atomic E-state index is 11.5. The molecular weight excluding hydrogens is 222 g/mol. The number of nitrogens with zero attached hydrogens (tertiary/aromatic N) is 1. The highest BCUT2D eigenvalue weighted by atomic mass is 35.5. The van der Waals surface area contributed by atoms with Crippen molar-refractivity contribution in [2.75, 3.05) is 11.4 Å². The number of hydrogen-bond acceptors (Lipinski definition) is 2. The van der Waals surface area contributed by atoms with Gasteiger partial charge in [-0.05, 0) is 36.6 Å². The number of halogens is 1. The van der Waals surface area contributed by atoms with Crippen LogP contribution in [0.4, 0.5) is 5.69 Å². The van der Waals surface area contributed by atoms with Gasteiger partial charge in [0.25, 0.3) is 0 Å². The molecule has 0 N–H and O–H groups in total. The van der Waals surface area contributed by atoms with Crippen molar-refractivity contribution in [3.05, 3.63) is 30.3 Å². The Morgan fingerprint density at radius 2 is 1.88 bits per heavy atom. The highest BCUT2D eigenvalue weighted by Gasteiger charge is 2.26. The smallest absolute Gasteiger partial charge is 0.244 e. The van der Waals surface area contributed by atoms with Gasteiger partial charge in [0.2, 0.25) is 5.24 Å². The molecule has 0 aromatic heterocycles. The molecule has 0 aliphatic carbocycles. The molecule has 0 saturated carbocycles. The van der Waals surface area contributed by atoms with E-state index in [4.69, 9.17) is 11.6 Å². The van der Waals surface area contributed by atoms with Gasteiger partial charge in [-0.1, -0.05) is 32.0 Å². The van der Waals surface area contributed by atoms with Crippen molar-refractivity contribution in [1.29, 1.82) is 0 Å². The van der Waals surface area contributed by atoms with E-state index in [1.807, 2.05) is 56.0 Å². The number of likely N-dealkylation sites (N-methyl/N-ethyl adjacent to an activating group) is 1. The summed E-state index contributed by atoms with van der Waals surface area (Å²) in [7, 11) is 0. The molecule has 0 aliphatic rings. The Kier molecular flexibility index (Phi) is 4.81. The third-order valence-corrected chi connectivity index (χ3v) is 2.85. The number of para-hydroxylation sites is 1. The van der Waals surface area contributed by atoms with Crippen LogP contribution in [0.3, 0.4) is 0 Å². The number of rotatable bonds is 5. The van der Waals surface area contributed by atoms with E-state index in [1.165, 1.54) is 0 Å². The molecule has 0 spiro atoms. The first-order valence-electron chi connectivity index (χ1n) is 5.59. The Morgan fingerprint density at radius 1 is 1.31 bits per heavy atom. The molecule has 16 heavy (non-hydrogen) atoms. The largest absolute Gasteiger partial charge is 0.360 e. The van der Waals surface area contributed by atoms with Crippen molar-refractivity contribution in [1.82, 2.24) is 0 Å².